The third-order valence-electron chi connectivity index (χ3n) is 4.02. The second kappa shape index (κ2) is 5.34. The molecule has 2 amide bonds. The van der Waals surface area contributed by atoms with Crippen LogP contribution >= 0.6 is 11.3 Å². The monoisotopic (exact) mass is 329 g/mol. The number of nitrogens with zero attached hydrogens (tertiary/aromatic N) is 2. The first kappa shape index (κ1) is 14.2. The molecule has 1 N–H and O–H groups in total. The SMILES string of the molecule is CN1C(=O)COc2ccc(-c3csc(NC(=O)C4CC4)n3)cc21. The van der Waals surface area contributed by atoms with E-state index in [4.69, 9.17) is 4.74 Å². The van der Waals surface area contributed by atoms with Crippen LogP contribution in [0.2, 0.25) is 0 Å². The van der Waals surface area contributed by atoms with Crippen LogP contribution in [0.5, 0.6) is 5.75 Å². The van der Waals surface area contributed by atoms with E-state index < -0.39 is 0 Å². The maximum atomic E-state index is 11.8. The van der Waals surface area contributed by atoms with E-state index in [-0.39, 0.29) is 24.3 Å². The Balaban J connectivity index is 1.59. The minimum Gasteiger partial charge on any atom is -0.482 e. The molecular formula is C16H15N3O3S. The van der Waals surface area contributed by atoms with E-state index in [0.717, 1.165) is 29.8 Å². The average Bonchev–Trinajstić information content (AvgIpc) is 3.31. The van der Waals surface area contributed by atoms with Crippen molar-refractivity contribution in [1.29, 1.82) is 0 Å². The van der Waals surface area contributed by atoms with Gasteiger partial charge < -0.3 is 15.0 Å². The lowest BCUT2D eigenvalue weighted by Crippen LogP contribution is -2.35. The molecular weight excluding hydrogens is 314 g/mol. The number of nitrogens with one attached hydrogen (secondary N) is 1. The van der Waals surface area contributed by atoms with Crippen molar-refractivity contribution < 1.29 is 14.3 Å². The van der Waals surface area contributed by atoms with Gasteiger partial charge in [-0.15, -0.1) is 11.3 Å². The van der Waals surface area contributed by atoms with E-state index in [1.807, 2.05) is 23.6 Å². The zero-order valence-electron chi connectivity index (χ0n) is 12.5. The van der Waals surface area contributed by atoms with E-state index >= 15 is 0 Å². The molecule has 0 radical (unpaired) electrons. The molecule has 1 fully saturated rings. The predicted octanol–water partition coefficient (Wildman–Crippen LogP) is 2.51. The molecule has 0 saturated heterocycles. The van der Waals surface area contributed by atoms with Gasteiger partial charge in [0, 0.05) is 23.9 Å². The molecule has 23 heavy (non-hydrogen) atoms. The summed E-state index contributed by atoms with van der Waals surface area (Å²) in [5.41, 5.74) is 2.39. The smallest absolute Gasteiger partial charge is 0.264 e. The highest BCUT2D eigenvalue weighted by molar-refractivity contribution is 7.14. The second-order valence-corrected chi connectivity index (χ2v) is 6.58. The summed E-state index contributed by atoms with van der Waals surface area (Å²) in [5, 5.41) is 5.36. The minimum absolute atomic E-state index is 0.0510. The van der Waals surface area contributed by atoms with Crippen LogP contribution in [0.1, 0.15) is 12.8 Å². The lowest BCUT2D eigenvalue weighted by atomic mass is 10.1. The molecule has 1 aromatic heterocycles. The molecule has 1 aliphatic carbocycles. The minimum atomic E-state index is -0.0784. The number of anilines is 2. The van der Waals surface area contributed by atoms with Gasteiger partial charge in [-0.2, -0.15) is 0 Å². The predicted molar refractivity (Wildman–Crippen MR) is 87.8 cm³/mol. The van der Waals surface area contributed by atoms with Gasteiger partial charge in [-0.3, -0.25) is 9.59 Å². The topological polar surface area (TPSA) is 71.5 Å². The lowest BCUT2D eigenvalue weighted by molar-refractivity contribution is -0.121. The van der Waals surface area contributed by atoms with Crippen LogP contribution in [0.25, 0.3) is 11.3 Å². The van der Waals surface area contributed by atoms with Gasteiger partial charge in [0.15, 0.2) is 11.7 Å². The van der Waals surface area contributed by atoms with Gasteiger partial charge in [0.2, 0.25) is 5.91 Å². The van der Waals surface area contributed by atoms with Crippen LogP contribution in [-0.4, -0.2) is 30.5 Å². The number of amides is 2. The first-order chi connectivity index (χ1) is 11.1. The number of thiazole rings is 1. The molecule has 2 heterocycles. The number of benzene rings is 1. The van der Waals surface area contributed by atoms with Crippen molar-refractivity contribution >= 4 is 34.0 Å². The lowest BCUT2D eigenvalue weighted by Gasteiger charge is -2.26. The van der Waals surface area contributed by atoms with Gasteiger partial charge in [0.1, 0.15) is 5.75 Å². The molecule has 0 atom stereocenters. The Bertz CT molecular complexity index is 798. The molecule has 0 unspecified atom stereocenters. The fourth-order valence-corrected chi connectivity index (χ4v) is 3.17. The van der Waals surface area contributed by atoms with Gasteiger partial charge in [-0.05, 0) is 31.0 Å². The van der Waals surface area contributed by atoms with E-state index in [9.17, 15) is 9.59 Å². The summed E-state index contributed by atoms with van der Waals surface area (Å²) in [7, 11) is 1.73. The van der Waals surface area contributed by atoms with Crippen molar-refractivity contribution in [2.45, 2.75) is 12.8 Å². The highest BCUT2D eigenvalue weighted by Gasteiger charge is 2.30. The van der Waals surface area contributed by atoms with Crippen LogP contribution in [0.4, 0.5) is 10.8 Å². The Kier molecular flexibility index (Phi) is 3.30. The number of ether oxygens (including phenoxy) is 1. The van der Waals surface area contributed by atoms with E-state index in [1.165, 1.54) is 11.3 Å². The number of aromatic nitrogens is 1. The second-order valence-electron chi connectivity index (χ2n) is 5.73. The molecule has 2 aliphatic rings. The first-order valence-electron chi connectivity index (χ1n) is 7.42. The number of likely N-dealkylation sites (N-methyl/N-ethyl adjacent to an activating group) is 1. The molecule has 7 heteroatoms. The number of fused-ring (bicyclic) bond motifs is 1. The highest BCUT2D eigenvalue weighted by Crippen LogP contribution is 2.36. The Hall–Kier alpha value is -2.41. The van der Waals surface area contributed by atoms with Gasteiger partial charge in [0.25, 0.3) is 5.91 Å². The van der Waals surface area contributed by atoms with Crippen molar-refractivity contribution in [3.8, 4) is 17.0 Å². The normalized spacial score (nSPS) is 16.7. The molecule has 0 spiro atoms. The fourth-order valence-electron chi connectivity index (χ4n) is 2.45. The number of carbonyl (C=O) groups excluding carboxylic acids is 2. The number of hydrogen-bond donors (Lipinski definition) is 1. The maximum Gasteiger partial charge on any atom is 0.264 e. The zero-order chi connectivity index (χ0) is 16.0. The third-order valence-corrected chi connectivity index (χ3v) is 4.78. The summed E-state index contributed by atoms with van der Waals surface area (Å²) in [6.07, 6.45) is 1.94. The van der Waals surface area contributed by atoms with Crippen molar-refractivity contribution in [2.75, 3.05) is 23.9 Å². The Morgan fingerprint density at radius 1 is 1.43 bits per heavy atom. The van der Waals surface area contributed by atoms with Crippen LogP contribution in [0.3, 0.4) is 0 Å². The molecule has 1 aromatic carbocycles. The van der Waals surface area contributed by atoms with Crippen LogP contribution in [0, 0.1) is 5.92 Å². The summed E-state index contributed by atoms with van der Waals surface area (Å²) in [4.78, 5) is 29.6. The van der Waals surface area contributed by atoms with E-state index in [1.54, 1.807) is 11.9 Å². The summed E-state index contributed by atoms with van der Waals surface area (Å²) in [6.45, 7) is 0.0664. The number of hydrogen-bond acceptors (Lipinski definition) is 5. The average molecular weight is 329 g/mol. The summed E-state index contributed by atoms with van der Waals surface area (Å²) >= 11 is 1.40. The summed E-state index contributed by atoms with van der Waals surface area (Å²) in [6, 6.07) is 5.63. The molecule has 2 aromatic rings. The molecule has 0 bridgehead atoms. The standard InChI is InChI=1S/C16H15N3O3S/c1-19-12-6-10(4-5-13(12)22-7-14(19)20)11-8-23-16(17-11)18-15(21)9-2-3-9/h4-6,8-9H,2-3,7H2,1H3,(H,17,18,21). The fraction of sp³-hybridized carbons (Fsp3) is 0.312. The third kappa shape index (κ3) is 2.68. The maximum absolute atomic E-state index is 11.8. The van der Waals surface area contributed by atoms with Gasteiger partial charge >= 0.3 is 0 Å². The quantitative estimate of drug-likeness (QED) is 0.939. The highest BCUT2D eigenvalue weighted by atomic mass is 32.1. The Morgan fingerprint density at radius 3 is 3.04 bits per heavy atom. The summed E-state index contributed by atoms with van der Waals surface area (Å²) in [5.74, 6) is 0.816. The molecule has 4 rings (SSSR count). The van der Waals surface area contributed by atoms with Crippen molar-refractivity contribution in [1.82, 2.24) is 4.98 Å². The molecule has 118 valence electrons. The zero-order valence-corrected chi connectivity index (χ0v) is 13.4. The van der Waals surface area contributed by atoms with Gasteiger partial charge in [0.05, 0.1) is 11.4 Å². The van der Waals surface area contributed by atoms with Crippen molar-refractivity contribution in [3.05, 3.63) is 23.6 Å². The Morgan fingerprint density at radius 2 is 2.26 bits per heavy atom. The largest absolute Gasteiger partial charge is 0.482 e. The van der Waals surface area contributed by atoms with Crippen molar-refractivity contribution in [2.24, 2.45) is 5.92 Å². The summed E-state index contributed by atoms with van der Waals surface area (Å²) < 4.78 is 5.42. The molecule has 1 saturated carbocycles. The van der Waals surface area contributed by atoms with Crippen molar-refractivity contribution in [3.63, 3.8) is 0 Å². The first-order valence-corrected chi connectivity index (χ1v) is 8.30. The van der Waals surface area contributed by atoms with Crippen LogP contribution in [-0.2, 0) is 9.59 Å². The molecule has 1 aliphatic heterocycles. The number of carbonyl (C=O) groups is 2. The van der Waals surface area contributed by atoms with E-state index in [2.05, 4.69) is 10.3 Å². The Labute approximate surface area is 137 Å². The van der Waals surface area contributed by atoms with E-state index in [0.29, 0.717) is 10.9 Å². The van der Waals surface area contributed by atoms with Gasteiger partial charge in [-0.25, -0.2) is 4.98 Å². The molecule has 6 nitrogen and oxygen atoms in total. The van der Waals surface area contributed by atoms with Crippen LogP contribution in [0.15, 0.2) is 23.6 Å². The van der Waals surface area contributed by atoms with Crippen LogP contribution < -0.4 is 15.0 Å². The van der Waals surface area contributed by atoms with Gasteiger partial charge in [-0.1, -0.05) is 0 Å². The number of rotatable bonds is 3.